The van der Waals surface area contributed by atoms with E-state index in [0.29, 0.717) is 16.9 Å². The zero-order valence-corrected chi connectivity index (χ0v) is 16.1. The van der Waals surface area contributed by atoms with Gasteiger partial charge in [0.25, 0.3) is 0 Å². The van der Waals surface area contributed by atoms with Gasteiger partial charge >= 0.3 is 0 Å². The molecule has 0 amide bonds. The molecule has 0 bridgehead atoms. The average Bonchev–Trinajstić information content (AvgIpc) is 2.52. The van der Waals surface area contributed by atoms with Crippen molar-refractivity contribution in [2.24, 2.45) is 0 Å². The first-order valence-electron chi connectivity index (χ1n) is 8.10. The van der Waals surface area contributed by atoms with E-state index in [-0.39, 0.29) is 17.5 Å². The molecule has 0 fully saturated rings. The SMILES string of the molecule is COc1cc(C)c(S(=O)(=O)N[C@H](C)COc2ccccc2C)c(C)c1. The number of para-hydroxylation sites is 1. The molecular weight excluding hydrogens is 338 g/mol. The van der Waals surface area contributed by atoms with Crippen LogP contribution in [0.2, 0.25) is 0 Å². The van der Waals surface area contributed by atoms with Gasteiger partial charge in [-0.3, -0.25) is 0 Å². The number of hydrogen-bond donors (Lipinski definition) is 1. The lowest BCUT2D eigenvalue weighted by Crippen LogP contribution is -2.37. The van der Waals surface area contributed by atoms with Gasteiger partial charge in [-0.25, -0.2) is 13.1 Å². The Balaban J connectivity index is 2.12. The van der Waals surface area contributed by atoms with E-state index in [9.17, 15) is 8.42 Å². The summed E-state index contributed by atoms with van der Waals surface area (Å²) in [5.74, 6) is 1.40. The molecule has 136 valence electrons. The molecule has 2 rings (SSSR count). The maximum absolute atomic E-state index is 12.8. The summed E-state index contributed by atoms with van der Waals surface area (Å²) >= 11 is 0. The van der Waals surface area contributed by atoms with E-state index in [1.807, 2.05) is 31.2 Å². The van der Waals surface area contributed by atoms with Crippen molar-refractivity contribution in [3.63, 3.8) is 0 Å². The minimum atomic E-state index is -3.65. The predicted molar refractivity (Wildman–Crippen MR) is 98.9 cm³/mol. The molecule has 2 aromatic carbocycles. The summed E-state index contributed by atoms with van der Waals surface area (Å²) in [6, 6.07) is 10.7. The smallest absolute Gasteiger partial charge is 0.241 e. The van der Waals surface area contributed by atoms with Crippen molar-refractivity contribution in [3.8, 4) is 11.5 Å². The van der Waals surface area contributed by atoms with Crippen molar-refractivity contribution < 1.29 is 17.9 Å². The second kappa shape index (κ2) is 7.89. The van der Waals surface area contributed by atoms with Gasteiger partial charge in [0.05, 0.1) is 18.0 Å². The molecule has 0 unspecified atom stereocenters. The van der Waals surface area contributed by atoms with E-state index in [1.54, 1.807) is 40.0 Å². The van der Waals surface area contributed by atoms with E-state index in [0.717, 1.165) is 11.3 Å². The molecule has 1 N–H and O–H groups in total. The highest BCUT2D eigenvalue weighted by Gasteiger charge is 2.23. The summed E-state index contributed by atoms with van der Waals surface area (Å²) in [7, 11) is -2.08. The van der Waals surface area contributed by atoms with Crippen LogP contribution in [0.3, 0.4) is 0 Å². The van der Waals surface area contributed by atoms with E-state index in [2.05, 4.69) is 4.72 Å². The van der Waals surface area contributed by atoms with E-state index >= 15 is 0 Å². The van der Waals surface area contributed by atoms with Crippen LogP contribution in [-0.4, -0.2) is 28.2 Å². The number of hydrogen-bond acceptors (Lipinski definition) is 4. The minimum Gasteiger partial charge on any atom is -0.497 e. The fourth-order valence-corrected chi connectivity index (χ4v) is 4.42. The molecule has 5 nitrogen and oxygen atoms in total. The lowest BCUT2D eigenvalue weighted by Gasteiger charge is -2.18. The fraction of sp³-hybridized carbons (Fsp3) is 0.368. The van der Waals surface area contributed by atoms with Crippen LogP contribution in [0.5, 0.6) is 11.5 Å². The van der Waals surface area contributed by atoms with Gasteiger partial charge in [-0.1, -0.05) is 18.2 Å². The summed E-state index contributed by atoms with van der Waals surface area (Å²) in [5, 5.41) is 0. The monoisotopic (exact) mass is 363 g/mol. The molecule has 1 atom stereocenters. The number of ether oxygens (including phenoxy) is 2. The maximum Gasteiger partial charge on any atom is 0.241 e. The van der Waals surface area contributed by atoms with Gasteiger partial charge in [0.2, 0.25) is 10.0 Å². The zero-order chi connectivity index (χ0) is 18.6. The predicted octanol–water partition coefficient (Wildman–Crippen LogP) is 3.37. The Labute approximate surface area is 150 Å². The summed E-state index contributed by atoms with van der Waals surface area (Å²) in [6.45, 7) is 7.51. The number of methoxy groups -OCH3 is 1. The Morgan fingerprint density at radius 2 is 1.64 bits per heavy atom. The summed E-state index contributed by atoms with van der Waals surface area (Å²) in [4.78, 5) is 0.288. The third-order valence-electron chi connectivity index (χ3n) is 3.88. The van der Waals surface area contributed by atoms with Gasteiger partial charge in [-0.05, 0) is 62.6 Å². The van der Waals surface area contributed by atoms with Crippen LogP contribution >= 0.6 is 0 Å². The quantitative estimate of drug-likeness (QED) is 0.819. The molecule has 0 aliphatic carbocycles. The van der Waals surface area contributed by atoms with Crippen LogP contribution in [0.1, 0.15) is 23.6 Å². The largest absolute Gasteiger partial charge is 0.497 e. The Bertz CT molecular complexity index is 823. The van der Waals surface area contributed by atoms with Crippen molar-refractivity contribution in [2.75, 3.05) is 13.7 Å². The number of aryl methyl sites for hydroxylation is 3. The first-order valence-corrected chi connectivity index (χ1v) is 9.59. The molecule has 0 heterocycles. The minimum absolute atomic E-state index is 0.248. The van der Waals surface area contributed by atoms with Gasteiger partial charge in [0.15, 0.2) is 0 Å². The lowest BCUT2D eigenvalue weighted by atomic mass is 10.1. The van der Waals surface area contributed by atoms with Crippen LogP contribution in [0.4, 0.5) is 0 Å². The fourth-order valence-electron chi connectivity index (χ4n) is 2.74. The van der Waals surface area contributed by atoms with Crippen LogP contribution in [0, 0.1) is 20.8 Å². The summed E-state index contributed by atoms with van der Waals surface area (Å²) < 4.78 is 39.1. The van der Waals surface area contributed by atoms with Crippen molar-refractivity contribution in [2.45, 2.75) is 38.6 Å². The molecular formula is C19H25NO4S. The van der Waals surface area contributed by atoms with Crippen molar-refractivity contribution in [1.82, 2.24) is 4.72 Å². The summed E-state index contributed by atoms with van der Waals surface area (Å²) in [5.41, 5.74) is 2.31. The van der Waals surface area contributed by atoms with E-state index in [1.165, 1.54) is 0 Å². The van der Waals surface area contributed by atoms with E-state index < -0.39 is 10.0 Å². The molecule has 0 aliphatic heterocycles. The van der Waals surface area contributed by atoms with Crippen LogP contribution in [0.15, 0.2) is 41.3 Å². The molecule has 25 heavy (non-hydrogen) atoms. The second-order valence-electron chi connectivity index (χ2n) is 6.19. The molecule has 2 aromatic rings. The van der Waals surface area contributed by atoms with Crippen LogP contribution < -0.4 is 14.2 Å². The van der Waals surface area contributed by atoms with Gasteiger partial charge in [-0.15, -0.1) is 0 Å². The highest BCUT2D eigenvalue weighted by Crippen LogP contribution is 2.25. The molecule has 0 saturated heterocycles. The second-order valence-corrected chi connectivity index (χ2v) is 7.84. The number of benzene rings is 2. The Kier molecular flexibility index (Phi) is 6.08. The highest BCUT2D eigenvalue weighted by molar-refractivity contribution is 7.89. The number of nitrogens with one attached hydrogen (secondary N) is 1. The topological polar surface area (TPSA) is 64.6 Å². The first-order chi connectivity index (χ1) is 11.7. The molecule has 0 radical (unpaired) electrons. The lowest BCUT2D eigenvalue weighted by molar-refractivity contribution is 0.285. The molecule has 0 spiro atoms. The normalized spacial score (nSPS) is 12.7. The summed E-state index contributed by atoms with van der Waals surface area (Å²) in [6.07, 6.45) is 0. The molecule has 0 saturated carbocycles. The third kappa shape index (κ3) is 4.74. The van der Waals surface area contributed by atoms with Gasteiger partial charge in [-0.2, -0.15) is 0 Å². The highest BCUT2D eigenvalue weighted by atomic mass is 32.2. The first kappa shape index (κ1) is 19.3. The Hall–Kier alpha value is -2.05. The Morgan fingerprint density at radius 3 is 2.20 bits per heavy atom. The number of sulfonamides is 1. The van der Waals surface area contributed by atoms with Crippen molar-refractivity contribution in [3.05, 3.63) is 53.1 Å². The van der Waals surface area contributed by atoms with Crippen molar-refractivity contribution >= 4 is 10.0 Å². The van der Waals surface area contributed by atoms with Gasteiger partial charge in [0.1, 0.15) is 18.1 Å². The van der Waals surface area contributed by atoms with E-state index in [4.69, 9.17) is 9.47 Å². The molecule has 0 aliphatic rings. The average molecular weight is 363 g/mol. The van der Waals surface area contributed by atoms with Crippen molar-refractivity contribution in [1.29, 1.82) is 0 Å². The molecule has 0 aromatic heterocycles. The van der Waals surface area contributed by atoms with Crippen LogP contribution in [-0.2, 0) is 10.0 Å². The zero-order valence-electron chi connectivity index (χ0n) is 15.3. The van der Waals surface area contributed by atoms with Crippen LogP contribution in [0.25, 0.3) is 0 Å². The Morgan fingerprint density at radius 1 is 1.04 bits per heavy atom. The molecule has 6 heteroatoms. The third-order valence-corrected chi connectivity index (χ3v) is 5.77. The maximum atomic E-state index is 12.8. The number of rotatable bonds is 7. The standard InChI is InChI=1S/C19H25NO4S/c1-13-8-6-7-9-18(13)24-12-16(4)20-25(21,22)19-14(2)10-17(23-5)11-15(19)3/h6-11,16,20H,12H2,1-5H3/t16-/m1/s1. The van der Waals surface area contributed by atoms with Gasteiger partial charge in [0, 0.05) is 0 Å². The van der Waals surface area contributed by atoms with Gasteiger partial charge < -0.3 is 9.47 Å².